The molecule has 0 aliphatic heterocycles. The van der Waals surface area contributed by atoms with Crippen LogP contribution in [0.2, 0.25) is 0 Å². The molecule has 208 valence electrons. The maximum Gasteiger partial charge on any atom is 0.254 e. The Bertz CT molecular complexity index is 2000. The number of phenolic OH excluding ortho intramolecular Hbond substituents is 2. The van der Waals surface area contributed by atoms with E-state index >= 15 is 0 Å². The summed E-state index contributed by atoms with van der Waals surface area (Å²) >= 11 is 0. The van der Waals surface area contributed by atoms with Crippen molar-refractivity contribution >= 4 is 22.9 Å². The zero-order valence-corrected chi connectivity index (χ0v) is 21.9. The van der Waals surface area contributed by atoms with E-state index < -0.39 is 23.2 Å². The van der Waals surface area contributed by atoms with E-state index in [-0.39, 0.29) is 11.6 Å². The van der Waals surface area contributed by atoms with Crippen LogP contribution in [0.1, 0.15) is 33.9 Å². The second-order valence-corrected chi connectivity index (χ2v) is 9.94. The van der Waals surface area contributed by atoms with Crippen LogP contribution in [0.5, 0.6) is 11.5 Å². The van der Waals surface area contributed by atoms with Gasteiger partial charge < -0.3 is 21.3 Å². The van der Waals surface area contributed by atoms with Gasteiger partial charge in [0.1, 0.15) is 17.2 Å². The van der Waals surface area contributed by atoms with Crippen LogP contribution in [0.4, 0.5) is 10.2 Å². The van der Waals surface area contributed by atoms with Crippen LogP contribution < -0.4 is 11.1 Å². The maximum absolute atomic E-state index is 14.3. The first-order chi connectivity index (χ1) is 20.4. The van der Waals surface area contributed by atoms with E-state index in [1.807, 2.05) is 53.2 Å². The van der Waals surface area contributed by atoms with E-state index in [1.165, 1.54) is 0 Å². The number of nitrogens with zero attached hydrogens (tertiary/aromatic N) is 6. The molecule has 0 unspecified atom stereocenters. The van der Waals surface area contributed by atoms with Crippen molar-refractivity contribution < 1.29 is 19.4 Å². The number of anilines is 1. The van der Waals surface area contributed by atoms with Crippen LogP contribution in [0, 0.1) is 5.82 Å². The summed E-state index contributed by atoms with van der Waals surface area (Å²) in [6.07, 6.45) is 6.38. The van der Waals surface area contributed by atoms with E-state index in [1.54, 1.807) is 23.1 Å². The van der Waals surface area contributed by atoms with Crippen molar-refractivity contribution in [2.24, 2.45) is 0 Å². The molecule has 0 bridgehead atoms. The Hall–Kier alpha value is -5.78. The highest BCUT2D eigenvalue weighted by Gasteiger charge is 2.27. The van der Waals surface area contributed by atoms with Crippen LogP contribution in [0.3, 0.4) is 0 Å². The molecule has 0 saturated carbocycles. The highest BCUT2D eigenvalue weighted by molar-refractivity contribution is 5.95. The Morgan fingerprint density at radius 3 is 2.69 bits per heavy atom. The van der Waals surface area contributed by atoms with Gasteiger partial charge in [0.15, 0.2) is 28.8 Å². The molecule has 4 heterocycles. The Balaban J connectivity index is 1.30. The van der Waals surface area contributed by atoms with Gasteiger partial charge in [0.05, 0.1) is 17.2 Å². The van der Waals surface area contributed by atoms with Crippen molar-refractivity contribution in [2.45, 2.75) is 18.9 Å². The number of nitrogens with two attached hydrogens (primary N) is 1. The summed E-state index contributed by atoms with van der Waals surface area (Å²) in [5, 5.41) is 26.4. The van der Waals surface area contributed by atoms with Crippen LogP contribution in [-0.2, 0) is 6.42 Å². The first-order valence-corrected chi connectivity index (χ1v) is 13.1. The first-order valence-electron chi connectivity index (χ1n) is 13.1. The number of aromatic nitrogens is 6. The largest absolute Gasteiger partial charge is 0.504 e. The number of hydrogen-bond acceptors (Lipinski definition) is 8. The van der Waals surface area contributed by atoms with Crippen LogP contribution >= 0.6 is 0 Å². The molecular formula is C30H23FN8O3. The Morgan fingerprint density at radius 2 is 1.88 bits per heavy atom. The zero-order chi connectivity index (χ0) is 29.0. The van der Waals surface area contributed by atoms with Crippen molar-refractivity contribution in [2.75, 3.05) is 5.73 Å². The van der Waals surface area contributed by atoms with Gasteiger partial charge in [0.2, 0.25) is 0 Å². The molecule has 0 radical (unpaired) electrons. The number of hydrogen-bond donors (Lipinski definition) is 4. The third kappa shape index (κ3) is 4.17. The molecule has 7 rings (SSSR count). The van der Waals surface area contributed by atoms with E-state index in [9.17, 15) is 19.4 Å². The molecule has 1 atom stereocenters. The van der Waals surface area contributed by atoms with Gasteiger partial charge in [-0.2, -0.15) is 5.10 Å². The normalized spacial score (nSPS) is 14.3. The molecule has 1 aliphatic rings. The fraction of sp³-hybridized carbons (Fsp3) is 0.100. The predicted molar refractivity (Wildman–Crippen MR) is 152 cm³/mol. The van der Waals surface area contributed by atoms with Crippen molar-refractivity contribution in [3.8, 4) is 34.4 Å². The molecule has 2 aromatic carbocycles. The minimum absolute atomic E-state index is 0.331. The molecular weight excluding hydrogens is 539 g/mol. The number of nitrogens with one attached hydrogen (secondary N) is 1. The molecule has 12 heteroatoms. The zero-order valence-electron chi connectivity index (χ0n) is 21.9. The van der Waals surface area contributed by atoms with Crippen LogP contribution in [0.15, 0.2) is 79.3 Å². The van der Waals surface area contributed by atoms with Gasteiger partial charge in [-0.1, -0.05) is 6.07 Å². The number of pyridine rings is 2. The van der Waals surface area contributed by atoms with Gasteiger partial charge >= 0.3 is 0 Å². The molecule has 1 amide bonds. The first kappa shape index (κ1) is 25.2. The summed E-state index contributed by atoms with van der Waals surface area (Å²) in [5.41, 5.74) is 10.5. The number of aromatic hydroxyl groups is 2. The average molecular weight is 563 g/mol. The highest BCUT2D eigenvalue weighted by atomic mass is 19.1. The van der Waals surface area contributed by atoms with Crippen LogP contribution in [0.25, 0.3) is 34.1 Å². The number of rotatable bonds is 5. The minimum Gasteiger partial charge on any atom is -0.504 e. The lowest BCUT2D eigenvalue weighted by Crippen LogP contribution is -2.27. The molecule has 5 N–H and O–H groups in total. The summed E-state index contributed by atoms with van der Waals surface area (Å²) in [6, 6.07) is 16.3. The quantitative estimate of drug-likeness (QED) is 0.228. The van der Waals surface area contributed by atoms with E-state index in [4.69, 9.17) is 15.7 Å². The number of imidazole rings is 1. The summed E-state index contributed by atoms with van der Waals surface area (Å²) < 4.78 is 17.9. The Labute approximate surface area is 237 Å². The summed E-state index contributed by atoms with van der Waals surface area (Å²) in [7, 11) is 0. The number of carbonyl (C=O) groups is 1. The van der Waals surface area contributed by atoms with Crippen molar-refractivity contribution in [3.05, 3.63) is 102 Å². The molecule has 0 spiro atoms. The van der Waals surface area contributed by atoms with Crippen molar-refractivity contribution in [3.63, 3.8) is 0 Å². The number of amides is 1. The molecule has 0 fully saturated rings. The monoisotopic (exact) mass is 562 g/mol. The second-order valence-electron chi connectivity index (χ2n) is 9.94. The van der Waals surface area contributed by atoms with Gasteiger partial charge in [0.25, 0.3) is 5.91 Å². The highest BCUT2D eigenvalue weighted by Crippen LogP contribution is 2.36. The molecule has 1 aliphatic carbocycles. The third-order valence-electron chi connectivity index (χ3n) is 7.39. The number of fused-ring (bicyclic) bond motifs is 2. The summed E-state index contributed by atoms with van der Waals surface area (Å²) in [6.45, 7) is 0. The fourth-order valence-corrected chi connectivity index (χ4v) is 5.37. The summed E-state index contributed by atoms with van der Waals surface area (Å²) in [4.78, 5) is 26.9. The number of carbonyl (C=O) groups excluding carboxylic acids is 1. The summed E-state index contributed by atoms with van der Waals surface area (Å²) in [5.74, 6) is -1.28. The average Bonchev–Trinajstić information content (AvgIpc) is 3.74. The Morgan fingerprint density at radius 1 is 1.02 bits per heavy atom. The predicted octanol–water partition coefficient (Wildman–Crippen LogP) is 4.22. The molecule has 42 heavy (non-hydrogen) atoms. The SMILES string of the molecule is Nc1ncccc1-c1nc2ccc(-n3cccn3)nc2n1-c1ccc2c(c1)CC[C@@H]2NC(=O)c1cc(O)c(O)cc1F. The van der Waals surface area contributed by atoms with Crippen molar-refractivity contribution in [1.29, 1.82) is 0 Å². The van der Waals surface area contributed by atoms with Gasteiger partial charge in [-0.05, 0) is 72.5 Å². The lowest BCUT2D eigenvalue weighted by Gasteiger charge is -2.16. The maximum atomic E-state index is 14.3. The lowest BCUT2D eigenvalue weighted by atomic mass is 10.1. The van der Waals surface area contributed by atoms with Crippen molar-refractivity contribution in [1.82, 2.24) is 34.6 Å². The van der Waals surface area contributed by atoms with Gasteiger partial charge in [-0.3, -0.25) is 9.36 Å². The molecule has 11 nitrogen and oxygen atoms in total. The molecule has 4 aromatic heterocycles. The van der Waals surface area contributed by atoms with Crippen LogP contribution in [-0.4, -0.2) is 45.4 Å². The third-order valence-corrected chi connectivity index (χ3v) is 7.39. The number of nitrogen functional groups attached to an aromatic ring is 1. The van der Waals surface area contributed by atoms with E-state index in [0.717, 1.165) is 22.9 Å². The van der Waals surface area contributed by atoms with Gasteiger partial charge in [-0.25, -0.2) is 24.0 Å². The van der Waals surface area contributed by atoms with E-state index in [2.05, 4.69) is 15.4 Å². The number of halogens is 1. The molecule has 0 saturated heterocycles. The number of aryl methyl sites for hydroxylation is 1. The lowest BCUT2D eigenvalue weighted by molar-refractivity contribution is 0.0932. The molecule has 6 aromatic rings. The van der Waals surface area contributed by atoms with E-state index in [0.29, 0.717) is 53.1 Å². The number of benzene rings is 2. The Kier molecular flexibility index (Phi) is 5.82. The number of phenols is 2. The topological polar surface area (TPSA) is 157 Å². The standard InChI is InChI=1S/C30H23FN8O3/c31-21-15-25(41)24(40)14-20(21)30(42)36-22-7-4-16-13-17(5-6-18(16)22)39-28(19-3-1-10-33-27(19)32)35-23-8-9-26(37-29(23)39)38-12-2-11-34-38/h1-3,5-6,8-15,22,40-41H,4,7H2,(H2,32,33)(H,36,42)/t22-/m0/s1. The fourth-order valence-electron chi connectivity index (χ4n) is 5.37. The van der Waals surface area contributed by atoms with Gasteiger partial charge in [-0.15, -0.1) is 0 Å². The van der Waals surface area contributed by atoms with Gasteiger partial charge in [0, 0.05) is 30.3 Å². The second kappa shape index (κ2) is 9.70. The minimum atomic E-state index is -0.924. The smallest absolute Gasteiger partial charge is 0.254 e.